The van der Waals surface area contributed by atoms with Gasteiger partial charge in [-0.1, -0.05) is 30.7 Å². The topological polar surface area (TPSA) is 29.1 Å². The van der Waals surface area contributed by atoms with E-state index in [1.54, 1.807) is 0 Å². The van der Waals surface area contributed by atoms with Crippen molar-refractivity contribution in [2.24, 2.45) is 17.8 Å². The highest BCUT2D eigenvalue weighted by molar-refractivity contribution is 6.17. The number of nitrogens with one attached hydrogen (secondary N) is 1. The highest BCUT2D eigenvalue weighted by Gasteiger charge is 2.42. The average Bonchev–Trinajstić information content (AvgIpc) is 3.08. The van der Waals surface area contributed by atoms with Crippen LogP contribution >= 0.6 is 11.6 Å². The Bertz CT molecular complexity index is 456. The summed E-state index contributed by atoms with van der Waals surface area (Å²) in [6.45, 7) is 0.634. The molecule has 2 aliphatic rings. The fourth-order valence-electron chi connectivity index (χ4n) is 3.63. The number of fused-ring (bicyclic) bond motifs is 2. The van der Waals surface area contributed by atoms with Gasteiger partial charge >= 0.3 is 0 Å². The first-order valence-electron chi connectivity index (χ1n) is 7.17. The van der Waals surface area contributed by atoms with Crippen molar-refractivity contribution in [2.75, 3.05) is 0 Å². The van der Waals surface area contributed by atoms with Crippen LogP contribution in [0.1, 0.15) is 36.8 Å². The van der Waals surface area contributed by atoms with E-state index in [1.807, 2.05) is 24.3 Å². The summed E-state index contributed by atoms with van der Waals surface area (Å²) < 4.78 is 0. The molecule has 0 spiro atoms. The third kappa shape index (κ3) is 2.79. The maximum atomic E-state index is 12.2. The number of alkyl halides is 1. The molecule has 19 heavy (non-hydrogen) atoms. The molecule has 0 aromatic heterocycles. The molecule has 2 aliphatic carbocycles. The van der Waals surface area contributed by atoms with Gasteiger partial charge in [-0.2, -0.15) is 0 Å². The van der Waals surface area contributed by atoms with Gasteiger partial charge in [-0.15, -0.1) is 11.6 Å². The molecule has 0 heterocycles. The van der Waals surface area contributed by atoms with Gasteiger partial charge in [0.1, 0.15) is 0 Å². The van der Waals surface area contributed by atoms with Gasteiger partial charge in [-0.3, -0.25) is 4.79 Å². The lowest BCUT2D eigenvalue weighted by Crippen LogP contribution is -2.33. The zero-order valence-corrected chi connectivity index (χ0v) is 11.8. The van der Waals surface area contributed by atoms with Crippen LogP contribution in [-0.2, 0) is 17.2 Å². The Labute approximate surface area is 119 Å². The van der Waals surface area contributed by atoms with Crippen molar-refractivity contribution >= 4 is 17.5 Å². The first kappa shape index (κ1) is 13.0. The van der Waals surface area contributed by atoms with Gasteiger partial charge in [-0.05, 0) is 42.2 Å². The maximum absolute atomic E-state index is 12.2. The third-order valence-corrected chi connectivity index (χ3v) is 5.03. The van der Waals surface area contributed by atoms with E-state index in [2.05, 4.69) is 5.32 Å². The van der Waals surface area contributed by atoms with Crippen LogP contribution in [0.4, 0.5) is 0 Å². The van der Waals surface area contributed by atoms with Crippen LogP contribution in [0.25, 0.3) is 0 Å². The Morgan fingerprint density at radius 3 is 2.47 bits per heavy atom. The average molecular weight is 278 g/mol. The fraction of sp³-hybridized carbons (Fsp3) is 0.562. The quantitative estimate of drug-likeness (QED) is 0.839. The van der Waals surface area contributed by atoms with Crippen molar-refractivity contribution in [2.45, 2.75) is 38.1 Å². The van der Waals surface area contributed by atoms with E-state index in [4.69, 9.17) is 11.6 Å². The molecule has 3 unspecified atom stereocenters. The Hall–Kier alpha value is -1.02. The summed E-state index contributed by atoms with van der Waals surface area (Å²) in [5.41, 5.74) is 2.26. The molecular weight excluding hydrogens is 258 g/mol. The van der Waals surface area contributed by atoms with Crippen LogP contribution < -0.4 is 5.32 Å². The van der Waals surface area contributed by atoms with E-state index in [1.165, 1.54) is 19.3 Å². The van der Waals surface area contributed by atoms with Crippen LogP contribution in [0.2, 0.25) is 0 Å². The second-order valence-electron chi connectivity index (χ2n) is 5.95. The molecule has 0 aliphatic heterocycles. The van der Waals surface area contributed by atoms with Crippen molar-refractivity contribution in [3.63, 3.8) is 0 Å². The van der Waals surface area contributed by atoms with Gasteiger partial charge in [0.25, 0.3) is 0 Å². The van der Waals surface area contributed by atoms with Crippen LogP contribution in [0, 0.1) is 17.8 Å². The first-order chi connectivity index (χ1) is 9.26. The summed E-state index contributed by atoms with van der Waals surface area (Å²) in [5.74, 6) is 2.56. The number of hydrogen-bond acceptors (Lipinski definition) is 1. The van der Waals surface area contributed by atoms with Gasteiger partial charge in [0.15, 0.2) is 0 Å². The van der Waals surface area contributed by atoms with Crippen molar-refractivity contribution in [1.82, 2.24) is 5.32 Å². The summed E-state index contributed by atoms with van der Waals surface area (Å²) >= 11 is 5.76. The van der Waals surface area contributed by atoms with Gasteiger partial charge in [0, 0.05) is 18.3 Å². The van der Waals surface area contributed by atoms with Gasteiger partial charge in [0.2, 0.25) is 5.91 Å². The summed E-state index contributed by atoms with van der Waals surface area (Å²) in [6, 6.07) is 8.12. The van der Waals surface area contributed by atoms with E-state index in [0.29, 0.717) is 18.3 Å². The van der Waals surface area contributed by atoms with Crippen LogP contribution in [0.3, 0.4) is 0 Å². The summed E-state index contributed by atoms with van der Waals surface area (Å²) in [7, 11) is 0. The lowest BCUT2D eigenvalue weighted by molar-refractivity contribution is -0.126. The Morgan fingerprint density at radius 2 is 1.89 bits per heavy atom. The molecule has 2 fully saturated rings. The van der Waals surface area contributed by atoms with Crippen LogP contribution in [0.5, 0.6) is 0 Å². The normalized spacial score (nSPS) is 28.6. The number of benzene rings is 1. The minimum absolute atomic E-state index is 0.258. The third-order valence-electron chi connectivity index (χ3n) is 4.72. The van der Waals surface area contributed by atoms with E-state index in [-0.39, 0.29) is 11.8 Å². The minimum atomic E-state index is 0.258. The molecule has 1 N–H and O–H groups in total. The Morgan fingerprint density at radius 1 is 1.16 bits per heavy atom. The molecule has 0 saturated heterocycles. The summed E-state index contributed by atoms with van der Waals surface area (Å²) in [6.07, 6.45) is 4.99. The molecular formula is C16H20ClNO. The van der Waals surface area contributed by atoms with Crippen molar-refractivity contribution < 1.29 is 4.79 Å². The molecule has 1 aromatic rings. The van der Waals surface area contributed by atoms with Crippen molar-refractivity contribution in [3.05, 3.63) is 35.4 Å². The van der Waals surface area contributed by atoms with E-state index in [0.717, 1.165) is 23.5 Å². The highest BCUT2D eigenvalue weighted by atomic mass is 35.5. The molecule has 3 atom stereocenters. The van der Waals surface area contributed by atoms with Crippen molar-refractivity contribution in [3.8, 4) is 0 Å². The van der Waals surface area contributed by atoms with Gasteiger partial charge < -0.3 is 5.32 Å². The largest absolute Gasteiger partial charge is 0.352 e. The molecule has 3 heteroatoms. The van der Waals surface area contributed by atoms with E-state index >= 15 is 0 Å². The number of amides is 1. The number of carbonyl (C=O) groups is 1. The highest BCUT2D eigenvalue weighted by Crippen LogP contribution is 2.48. The fourth-order valence-corrected chi connectivity index (χ4v) is 3.81. The number of hydrogen-bond donors (Lipinski definition) is 1. The molecule has 2 saturated carbocycles. The molecule has 1 aromatic carbocycles. The maximum Gasteiger partial charge on any atom is 0.223 e. The number of rotatable bonds is 4. The number of carbonyl (C=O) groups excluding carboxylic acids is 1. The molecule has 2 nitrogen and oxygen atoms in total. The second-order valence-corrected chi connectivity index (χ2v) is 6.22. The molecule has 1 amide bonds. The van der Waals surface area contributed by atoms with E-state index in [9.17, 15) is 4.79 Å². The van der Waals surface area contributed by atoms with Gasteiger partial charge in [-0.25, -0.2) is 0 Å². The second kappa shape index (κ2) is 5.54. The lowest BCUT2D eigenvalue weighted by atomic mass is 9.88. The van der Waals surface area contributed by atoms with Gasteiger partial charge in [0.05, 0.1) is 0 Å². The Balaban J connectivity index is 1.52. The van der Waals surface area contributed by atoms with Crippen molar-refractivity contribution in [1.29, 1.82) is 0 Å². The smallest absolute Gasteiger partial charge is 0.223 e. The molecule has 3 rings (SSSR count). The molecule has 2 bridgehead atoms. The van der Waals surface area contributed by atoms with Crippen LogP contribution in [0.15, 0.2) is 24.3 Å². The monoisotopic (exact) mass is 277 g/mol. The number of halogens is 1. The SMILES string of the molecule is O=C(NCc1ccc(CCl)cc1)C1CC2CCC1C2. The summed E-state index contributed by atoms with van der Waals surface area (Å²) in [4.78, 5) is 12.2. The standard InChI is InChI=1S/C16H20ClNO/c17-9-11-1-3-12(4-2-11)10-18-16(19)15-8-13-5-6-14(15)7-13/h1-4,13-15H,5-10H2,(H,18,19). The lowest BCUT2D eigenvalue weighted by Gasteiger charge is -2.20. The minimum Gasteiger partial charge on any atom is -0.352 e. The zero-order valence-electron chi connectivity index (χ0n) is 11.1. The van der Waals surface area contributed by atoms with E-state index < -0.39 is 0 Å². The predicted molar refractivity (Wildman–Crippen MR) is 76.8 cm³/mol. The first-order valence-corrected chi connectivity index (χ1v) is 7.71. The Kier molecular flexibility index (Phi) is 3.79. The molecule has 0 radical (unpaired) electrons. The molecule has 102 valence electrons. The van der Waals surface area contributed by atoms with Crippen LogP contribution in [-0.4, -0.2) is 5.91 Å². The summed E-state index contributed by atoms with van der Waals surface area (Å²) in [5, 5.41) is 3.09. The zero-order chi connectivity index (χ0) is 13.2. The predicted octanol–water partition coefficient (Wildman–Crippen LogP) is 3.48.